The molecule has 2 aromatic carbocycles. The highest BCUT2D eigenvalue weighted by atomic mass is 32.2. The van der Waals surface area contributed by atoms with Gasteiger partial charge in [0.2, 0.25) is 5.91 Å². The van der Waals surface area contributed by atoms with E-state index in [1.54, 1.807) is 11.8 Å². The van der Waals surface area contributed by atoms with Crippen LogP contribution in [-0.2, 0) is 17.0 Å². The summed E-state index contributed by atoms with van der Waals surface area (Å²) in [4.78, 5) is 12.0. The molecule has 23 heavy (non-hydrogen) atoms. The second kappa shape index (κ2) is 9.41. The molecule has 0 radical (unpaired) electrons. The second-order valence-corrected chi connectivity index (χ2v) is 6.78. The number of benzene rings is 2. The van der Waals surface area contributed by atoms with Crippen LogP contribution in [0.1, 0.15) is 43.0 Å². The number of thioether (sulfide) groups is 1. The van der Waals surface area contributed by atoms with E-state index < -0.39 is 0 Å². The monoisotopic (exact) mass is 327 g/mol. The fraction of sp³-hybridized carbons (Fsp3) is 0.350. The van der Waals surface area contributed by atoms with E-state index >= 15 is 0 Å². The summed E-state index contributed by atoms with van der Waals surface area (Å²) < 4.78 is 0. The minimum Gasteiger partial charge on any atom is -0.350 e. The number of nitrogens with one attached hydrogen (secondary N) is 1. The Balaban J connectivity index is 1.69. The maximum atomic E-state index is 12.0. The predicted molar refractivity (Wildman–Crippen MR) is 99.6 cm³/mol. The molecule has 0 aliphatic rings. The van der Waals surface area contributed by atoms with Crippen LogP contribution >= 0.6 is 11.8 Å². The van der Waals surface area contributed by atoms with Crippen molar-refractivity contribution < 1.29 is 4.79 Å². The third-order valence-electron chi connectivity index (χ3n) is 3.85. The Morgan fingerprint density at radius 1 is 1.04 bits per heavy atom. The van der Waals surface area contributed by atoms with Gasteiger partial charge in [-0.05, 0) is 30.0 Å². The lowest BCUT2D eigenvalue weighted by atomic mass is 10.0. The fourth-order valence-corrected chi connectivity index (χ4v) is 3.27. The molecule has 2 rings (SSSR count). The first-order valence-electron chi connectivity index (χ1n) is 8.19. The van der Waals surface area contributed by atoms with Crippen molar-refractivity contribution in [3.05, 3.63) is 71.3 Å². The number of rotatable bonds is 8. The number of hydrogen-bond acceptors (Lipinski definition) is 2. The van der Waals surface area contributed by atoms with E-state index in [4.69, 9.17) is 0 Å². The van der Waals surface area contributed by atoms with Crippen LogP contribution in [0, 0.1) is 0 Å². The molecule has 0 heterocycles. The third-order valence-corrected chi connectivity index (χ3v) is 4.88. The summed E-state index contributed by atoms with van der Waals surface area (Å²) in [5, 5.41) is 3.08. The summed E-state index contributed by atoms with van der Waals surface area (Å²) in [5.41, 5.74) is 3.79. The molecule has 0 saturated carbocycles. The van der Waals surface area contributed by atoms with Crippen molar-refractivity contribution in [3.8, 4) is 0 Å². The Kier molecular flexibility index (Phi) is 7.21. The molecular formula is C20H25NOS. The molecule has 0 aliphatic heterocycles. The van der Waals surface area contributed by atoms with Crippen LogP contribution in [0.4, 0.5) is 0 Å². The number of amides is 1. The molecule has 2 nitrogen and oxygen atoms in total. The predicted octanol–water partition coefficient (Wildman–Crippen LogP) is 4.75. The summed E-state index contributed by atoms with van der Waals surface area (Å²) in [6.45, 7) is 4.18. The van der Waals surface area contributed by atoms with Crippen molar-refractivity contribution in [1.82, 2.24) is 5.32 Å². The van der Waals surface area contributed by atoms with Crippen LogP contribution in [0.15, 0.2) is 54.6 Å². The molecule has 0 spiro atoms. The lowest BCUT2D eigenvalue weighted by Crippen LogP contribution is -2.26. The van der Waals surface area contributed by atoms with E-state index in [9.17, 15) is 4.79 Å². The Labute approximate surface area is 143 Å². The van der Waals surface area contributed by atoms with Gasteiger partial charge in [-0.15, -0.1) is 0 Å². The van der Waals surface area contributed by atoms with Gasteiger partial charge in [0.15, 0.2) is 0 Å². The summed E-state index contributed by atoms with van der Waals surface area (Å²) in [6, 6.07) is 18.9. The zero-order valence-electron chi connectivity index (χ0n) is 13.9. The SMILES string of the molecule is CCc1ccc(C(C)NC(=O)CCSCc2ccccc2)cc1. The smallest absolute Gasteiger partial charge is 0.221 e. The zero-order valence-corrected chi connectivity index (χ0v) is 14.7. The van der Waals surface area contributed by atoms with Crippen molar-refractivity contribution in [3.63, 3.8) is 0 Å². The van der Waals surface area contributed by atoms with Crippen molar-refractivity contribution >= 4 is 17.7 Å². The van der Waals surface area contributed by atoms with Gasteiger partial charge in [0, 0.05) is 17.9 Å². The minimum absolute atomic E-state index is 0.0625. The third kappa shape index (κ3) is 6.11. The molecule has 122 valence electrons. The van der Waals surface area contributed by atoms with E-state index in [1.807, 2.05) is 25.1 Å². The van der Waals surface area contributed by atoms with E-state index in [1.165, 1.54) is 11.1 Å². The van der Waals surface area contributed by atoms with E-state index in [0.29, 0.717) is 6.42 Å². The van der Waals surface area contributed by atoms with E-state index in [2.05, 4.69) is 48.6 Å². The molecule has 3 heteroatoms. The van der Waals surface area contributed by atoms with Crippen molar-refractivity contribution in [2.24, 2.45) is 0 Å². The number of carbonyl (C=O) groups is 1. The Hall–Kier alpha value is -1.74. The highest BCUT2D eigenvalue weighted by Crippen LogP contribution is 2.15. The first kappa shape index (κ1) is 17.6. The van der Waals surface area contributed by atoms with Crippen LogP contribution in [-0.4, -0.2) is 11.7 Å². The van der Waals surface area contributed by atoms with Crippen LogP contribution in [0.3, 0.4) is 0 Å². The minimum atomic E-state index is 0.0625. The summed E-state index contributed by atoms with van der Waals surface area (Å²) >= 11 is 1.80. The average Bonchev–Trinajstić information content (AvgIpc) is 2.59. The highest BCUT2D eigenvalue weighted by Gasteiger charge is 2.09. The summed E-state index contributed by atoms with van der Waals surface area (Å²) in [5.74, 6) is 1.93. The molecule has 0 fully saturated rings. The highest BCUT2D eigenvalue weighted by molar-refractivity contribution is 7.98. The average molecular weight is 327 g/mol. The van der Waals surface area contributed by atoms with E-state index in [0.717, 1.165) is 23.5 Å². The molecule has 1 unspecified atom stereocenters. The lowest BCUT2D eigenvalue weighted by molar-refractivity contribution is -0.121. The molecule has 1 atom stereocenters. The Morgan fingerprint density at radius 3 is 2.39 bits per heavy atom. The molecule has 0 bridgehead atoms. The van der Waals surface area contributed by atoms with Crippen molar-refractivity contribution in [1.29, 1.82) is 0 Å². The summed E-state index contributed by atoms with van der Waals surface area (Å²) in [6.07, 6.45) is 1.61. The summed E-state index contributed by atoms with van der Waals surface area (Å²) in [7, 11) is 0. The first-order chi connectivity index (χ1) is 11.2. The Morgan fingerprint density at radius 2 is 1.74 bits per heavy atom. The zero-order chi connectivity index (χ0) is 16.5. The van der Waals surface area contributed by atoms with Gasteiger partial charge >= 0.3 is 0 Å². The molecule has 0 aliphatic carbocycles. The molecule has 0 aromatic heterocycles. The van der Waals surface area contributed by atoms with Gasteiger partial charge in [-0.3, -0.25) is 4.79 Å². The number of carbonyl (C=O) groups excluding carboxylic acids is 1. The fourth-order valence-electron chi connectivity index (χ4n) is 2.37. The van der Waals surface area contributed by atoms with Crippen LogP contribution < -0.4 is 5.32 Å². The van der Waals surface area contributed by atoms with Gasteiger partial charge in [-0.1, -0.05) is 61.5 Å². The van der Waals surface area contributed by atoms with Gasteiger partial charge < -0.3 is 5.32 Å². The number of hydrogen-bond donors (Lipinski definition) is 1. The molecule has 1 amide bonds. The maximum Gasteiger partial charge on any atom is 0.221 e. The molecule has 0 saturated heterocycles. The van der Waals surface area contributed by atoms with Gasteiger partial charge in [-0.25, -0.2) is 0 Å². The van der Waals surface area contributed by atoms with Gasteiger partial charge in [0.25, 0.3) is 0 Å². The Bertz CT molecular complexity index is 595. The standard InChI is InChI=1S/C20H25NOS/c1-3-17-9-11-19(12-10-17)16(2)21-20(22)13-14-23-15-18-7-5-4-6-8-18/h4-12,16H,3,13-15H2,1-2H3,(H,21,22). The van der Waals surface area contributed by atoms with E-state index in [-0.39, 0.29) is 11.9 Å². The topological polar surface area (TPSA) is 29.1 Å². The first-order valence-corrected chi connectivity index (χ1v) is 9.34. The van der Waals surface area contributed by atoms with Crippen LogP contribution in [0.5, 0.6) is 0 Å². The van der Waals surface area contributed by atoms with Gasteiger partial charge in [-0.2, -0.15) is 11.8 Å². The molecule has 1 N–H and O–H groups in total. The van der Waals surface area contributed by atoms with Gasteiger partial charge in [0.05, 0.1) is 6.04 Å². The lowest BCUT2D eigenvalue weighted by Gasteiger charge is -2.14. The van der Waals surface area contributed by atoms with Crippen LogP contribution in [0.25, 0.3) is 0 Å². The van der Waals surface area contributed by atoms with Crippen LogP contribution in [0.2, 0.25) is 0 Å². The molecular weight excluding hydrogens is 302 g/mol. The number of aryl methyl sites for hydroxylation is 1. The van der Waals surface area contributed by atoms with Crippen molar-refractivity contribution in [2.75, 3.05) is 5.75 Å². The van der Waals surface area contributed by atoms with Gasteiger partial charge in [0.1, 0.15) is 0 Å². The quantitative estimate of drug-likeness (QED) is 0.709. The van der Waals surface area contributed by atoms with Crippen molar-refractivity contribution in [2.45, 2.75) is 38.5 Å². The normalized spacial score (nSPS) is 11.9. The second-order valence-electron chi connectivity index (χ2n) is 5.67. The largest absolute Gasteiger partial charge is 0.350 e. The molecule has 2 aromatic rings. The maximum absolute atomic E-state index is 12.0.